The van der Waals surface area contributed by atoms with Crippen molar-refractivity contribution in [1.29, 1.82) is 5.26 Å². The first-order valence-electron chi connectivity index (χ1n) is 4.09. The van der Waals surface area contributed by atoms with Gasteiger partial charge >= 0.3 is 0 Å². The molecule has 1 aromatic heterocycles. The molecule has 0 unspecified atom stereocenters. The number of hydrogen-bond donors (Lipinski definition) is 1. The summed E-state index contributed by atoms with van der Waals surface area (Å²) < 4.78 is 1.88. The second-order valence-electron chi connectivity index (χ2n) is 2.63. The summed E-state index contributed by atoms with van der Waals surface area (Å²) in [6.07, 6.45) is 3.92. The second kappa shape index (κ2) is 4.58. The summed E-state index contributed by atoms with van der Waals surface area (Å²) in [6, 6.07) is 4.12. The average molecular weight is 163 g/mol. The maximum absolute atomic E-state index is 8.42. The van der Waals surface area contributed by atoms with E-state index in [-0.39, 0.29) is 0 Å². The lowest BCUT2D eigenvalue weighted by molar-refractivity contribution is 0.723. The van der Waals surface area contributed by atoms with Gasteiger partial charge in [-0.1, -0.05) is 6.92 Å². The van der Waals surface area contributed by atoms with Crippen molar-refractivity contribution in [2.45, 2.75) is 20.0 Å². The van der Waals surface area contributed by atoms with Gasteiger partial charge in [0.1, 0.15) is 6.54 Å². The van der Waals surface area contributed by atoms with Crippen LogP contribution in [0.4, 0.5) is 0 Å². The monoisotopic (exact) mass is 163 g/mol. The number of aromatic nitrogens is 1. The van der Waals surface area contributed by atoms with E-state index in [2.05, 4.69) is 18.3 Å². The van der Waals surface area contributed by atoms with Crippen LogP contribution >= 0.6 is 0 Å². The molecule has 1 heterocycles. The molecule has 0 bridgehead atoms. The Hall–Kier alpha value is -1.27. The molecule has 0 fully saturated rings. The highest BCUT2D eigenvalue weighted by Crippen LogP contribution is 1.99. The molecular weight excluding hydrogens is 150 g/mol. The average Bonchev–Trinajstić information content (AvgIpc) is 2.50. The molecule has 0 atom stereocenters. The van der Waals surface area contributed by atoms with Gasteiger partial charge in [0.05, 0.1) is 6.07 Å². The first kappa shape index (κ1) is 8.82. The van der Waals surface area contributed by atoms with Gasteiger partial charge in [0.15, 0.2) is 0 Å². The maximum Gasteiger partial charge on any atom is 0.109 e. The molecule has 0 saturated carbocycles. The lowest BCUT2D eigenvalue weighted by atomic mass is 10.3. The molecule has 0 aliphatic heterocycles. The predicted octanol–water partition coefficient (Wildman–Crippen LogP) is 1.12. The second-order valence-corrected chi connectivity index (χ2v) is 2.63. The standard InChI is InChI=1S/C9H13N3/c1-2-11-7-9-3-5-12(8-9)6-4-10/h3,5,8,11H,2,6-7H2,1H3. The predicted molar refractivity (Wildman–Crippen MR) is 47.4 cm³/mol. The molecule has 0 spiro atoms. The summed E-state index contributed by atoms with van der Waals surface area (Å²) in [6.45, 7) is 4.37. The molecule has 0 aliphatic carbocycles. The number of nitriles is 1. The molecule has 3 nitrogen and oxygen atoms in total. The zero-order valence-corrected chi connectivity index (χ0v) is 7.25. The van der Waals surface area contributed by atoms with Gasteiger partial charge < -0.3 is 9.88 Å². The van der Waals surface area contributed by atoms with Crippen molar-refractivity contribution in [3.05, 3.63) is 24.0 Å². The smallest absolute Gasteiger partial charge is 0.109 e. The van der Waals surface area contributed by atoms with Crippen molar-refractivity contribution in [2.24, 2.45) is 0 Å². The Bertz CT molecular complexity index is 270. The first-order chi connectivity index (χ1) is 5.86. The molecule has 3 heteroatoms. The van der Waals surface area contributed by atoms with Crippen molar-refractivity contribution in [3.8, 4) is 6.07 Å². The maximum atomic E-state index is 8.42. The number of rotatable bonds is 4. The van der Waals surface area contributed by atoms with Crippen LogP contribution in [0.1, 0.15) is 12.5 Å². The Balaban J connectivity index is 2.48. The normalized spacial score (nSPS) is 9.67. The van der Waals surface area contributed by atoms with Gasteiger partial charge in [0.2, 0.25) is 0 Å². The lowest BCUT2D eigenvalue weighted by Gasteiger charge is -1.96. The fourth-order valence-corrected chi connectivity index (χ4v) is 1.04. The third-order valence-corrected chi connectivity index (χ3v) is 1.64. The SMILES string of the molecule is CCNCc1ccn(CC#N)c1. The number of nitrogens with one attached hydrogen (secondary N) is 1. The van der Waals surface area contributed by atoms with E-state index in [9.17, 15) is 0 Å². The largest absolute Gasteiger partial charge is 0.340 e. The van der Waals surface area contributed by atoms with E-state index >= 15 is 0 Å². The summed E-state index contributed by atoms with van der Waals surface area (Å²) in [5.41, 5.74) is 1.23. The molecule has 0 aromatic carbocycles. The minimum absolute atomic E-state index is 0.437. The Labute approximate surface area is 72.6 Å². The molecule has 1 N–H and O–H groups in total. The van der Waals surface area contributed by atoms with Gasteiger partial charge in [0.25, 0.3) is 0 Å². The molecule has 64 valence electrons. The summed E-state index contributed by atoms with van der Waals surface area (Å²) >= 11 is 0. The van der Waals surface area contributed by atoms with Crippen LogP contribution in [-0.4, -0.2) is 11.1 Å². The van der Waals surface area contributed by atoms with Gasteiger partial charge in [-0.3, -0.25) is 0 Å². The molecule has 0 aliphatic rings. The van der Waals surface area contributed by atoms with E-state index in [1.54, 1.807) is 0 Å². The molecule has 0 amide bonds. The van der Waals surface area contributed by atoms with Crippen molar-refractivity contribution in [2.75, 3.05) is 6.54 Å². The van der Waals surface area contributed by atoms with Crippen LogP contribution < -0.4 is 5.32 Å². The number of hydrogen-bond acceptors (Lipinski definition) is 2. The fourth-order valence-electron chi connectivity index (χ4n) is 1.04. The zero-order valence-electron chi connectivity index (χ0n) is 7.25. The highest BCUT2D eigenvalue weighted by Gasteiger charge is 1.94. The Morgan fingerprint density at radius 3 is 3.17 bits per heavy atom. The topological polar surface area (TPSA) is 40.8 Å². The first-order valence-corrected chi connectivity index (χ1v) is 4.09. The number of nitrogens with zero attached hydrogens (tertiary/aromatic N) is 2. The third-order valence-electron chi connectivity index (χ3n) is 1.64. The van der Waals surface area contributed by atoms with E-state index in [0.29, 0.717) is 6.54 Å². The zero-order chi connectivity index (χ0) is 8.81. The highest BCUT2D eigenvalue weighted by atomic mass is 14.9. The Morgan fingerprint density at radius 2 is 2.50 bits per heavy atom. The fraction of sp³-hybridized carbons (Fsp3) is 0.444. The van der Waals surface area contributed by atoms with Crippen LogP contribution in [0.2, 0.25) is 0 Å². The van der Waals surface area contributed by atoms with Gasteiger partial charge in [-0.05, 0) is 18.2 Å². The minimum Gasteiger partial charge on any atom is -0.340 e. The van der Waals surface area contributed by atoms with Crippen molar-refractivity contribution < 1.29 is 0 Å². The summed E-state index contributed by atoms with van der Waals surface area (Å²) in [7, 11) is 0. The highest BCUT2D eigenvalue weighted by molar-refractivity contribution is 5.10. The van der Waals surface area contributed by atoms with Gasteiger partial charge in [-0.2, -0.15) is 5.26 Å². The van der Waals surface area contributed by atoms with E-state index in [0.717, 1.165) is 13.1 Å². The van der Waals surface area contributed by atoms with Crippen molar-refractivity contribution >= 4 is 0 Å². The molecule has 1 aromatic rings. The molecule has 0 radical (unpaired) electrons. The quantitative estimate of drug-likeness (QED) is 0.722. The van der Waals surface area contributed by atoms with E-state index < -0.39 is 0 Å². The molecule has 0 saturated heterocycles. The Morgan fingerprint density at radius 1 is 1.67 bits per heavy atom. The van der Waals surface area contributed by atoms with Crippen LogP contribution in [0.15, 0.2) is 18.5 Å². The van der Waals surface area contributed by atoms with Crippen molar-refractivity contribution in [3.63, 3.8) is 0 Å². The van der Waals surface area contributed by atoms with E-state index in [1.807, 2.05) is 23.0 Å². The third kappa shape index (κ3) is 2.40. The molecule has 12 heavy (non-hydrogen) atoms. The van der Waals surface area contributed by atoms with E-state index in [1.165, 1.54) is 5.56 Å². The van der Waals surface area contributed by atoms with Crippen LogP contribution in [0.3, 0.4) is 0 Å². The lowest BCUT2D eigenvalue weighted by Crippen LogP contribution is -2.10. The van der Waals surface area contributed by atoms with E-state index in [4.69, 9.17) is 5.26 Å². The summed E-state index contributed by atoms with van der Waals surface area (Å²) in [5, 5.41) is 11.6. The van der Waals surface area contributed by atoms with Crippen LogP contribution in [0.5, 0.6) is 0 Å². The van der Waals surface area contributed by atoms with Gasteiger partial charge in [-0.25, -0.2) is 0 Å². The van der Waals surface area contributed by atoms with Gasteiger partial charge in [-0.15, -0.1) is 0 Å². The molecule has 1 rings (SSSR count). The van der Waals surface area contributed by atoms with Crippen molar-refractivity contribution in [1.82, 2.24) is 9.88 Å². The Kier molecular flexibility index (Phi) is 3.36. The minimum atomic E-state index is 0.437. The summed E-state index contributed by atoms with van der Waals surface area (Å²) in [4.78, 5) is 0. The van der Waals surface area contributed by atoms with Crippen LogP contribution in [0, 0.1) is 11.3 Å². The molecular formula is C9H13N3. The summed E-state index contributed by atoms with van der Waals surface area (Å²) in [5.74, 6) is 0. The van der Waals surface area contributed by atoms with Gasteiger partial charge in [0, 0.05) is 18.9 Å². The van der Waals surface area contributed by atoms with Crippen LogP contribution in [-0.2, 0) is 13.1 Å². The van der Waals surface area contributed by atoms with Crippen LogP contribution in [0.25, 0.3) is 0 Å².